The summed E-state index contributed by atoms with van der Waals surface area (Å²) in [5, 5.41) is 7.05. The number of halogens is 1. The van der Waals surface area contributed by atoms with Crippen molar-refractivity contribution in [3.63, 3.8) is 0 Å². The van der Waals surface area contributed by atoms with E-state index >= 15 is 0 Å². The van der Waals surface area contributed by atoms with Gasteiger partial charge in [-0.3, -0.25) is 4.99 Å². The Morgan fingerprint density at radius 1 is 1.07 bits per heavy atom. The monoisotopic (exact) mass is 515 g/mol. The summed E-state index contributed by atoms with van der Waals surface area (Å²) < 4.78 is 11.3. The van der Waals surface area contributed by atoms with Gasteiger partial charge in [-0.15, -0.1) is 24.0 Å². The molecule has 1 aromatic carbocycles. The molecule has 0 unspecified atom stereocenters. The smallest absolute Gasteiger partial charge is 0.191 e. The van der Waals surface area contributed by atoms with Crippen LogP contribution in [-0.4, -0.2) is 51.0 Å². The van der Waals surface area contributed by atoms with E-state index in [9.17, 15) is 0 Å². The number of guanidine groups is 1. The van der Waals surface area contributed by atoms with Crippen molar-refractivity contribution in [2.24, 2.45) is 4.99 Å². The number of nitrogens with zero attached hydrogens (tertiary/aromatic N) is 1. The van der Waals surface area contributed by atoms with Crippen molar-refractivity contribution in [2.45, 2.75) is 69.9 Å². The number of aliphatic imine (C=N–C) groups is 1. The summed E-state index contributed by atoms with van der Waals surface area (Å²) in [6.07, 6.45) is 8.31. The first-order valence-corrected chi connectivity index (χ1v) is 11.1. The molecule has 0 radical (unpaired) electrons. The topological polar surface area (TPSA) is 54.9 Å². The predicted molar refractivity (Wildman–Crippen MR) is 130 cm³/mol. The second-order valence-corrected chi connectivity index (χ2v) is 7.90. The Kier molecular flexibility index (Phi) is 12.0. The second kappa shape index (κ2) is 14.2. The second-order valence-electron chi connectivity index (χ2n) is 7.90. The van der Waals surface area contributed by atoms with E-state index in [1.165, 1.54) is 31.2 Å². The predicted octanol–water partition coefficient (Wildman–Crippen LogP) is 4.47. The Morgan fingerprint density at radius 3 is 2.48 bits per heavy atom. The maximum atomic E-state index is 5.94. The normalized spacial score (nSPS) is 23.3. The Morgan fingerprint density at radius 2 is 1.79 bits per heavy atom. The summed E-state index contributed by atoms with van der Waals surface area (Å²) >= 11 is 0. The molecule has 6 heteroatoms. The third-order valence-electron chi connectivity index (χ3n) is 5.78. The van der Waals surface area contributed by atoms with Gasteiger partial charge in [-0.1, -0.05) is 30.3 Å². The minimum Gasteiger partial charge on any atom is -0.381 e. The standard InChI is InChI=1S/C23H37N3O2.HI/c1-2-24-23(25-15-6-16-28-22-13-17-27-18-14-22)26-21-11-9-20(10-12-21)19-7-4-3-5-8-19;/h3-5,7-8,20-22H,2,6,9-18H2,1H3,(H2,24,25,26);1H. The van der Waals surface area contributed by atoms with Gasteiger partial charge in [0.05, 0.1) is 6.10 Å². The number of rotatable bonds is 8. The van der Waals surface area contributed by atoms with Gasteiger partial charge in [0.25, 0.3) is 0 Å². The van der Waals surface area contributed by atoms with Crippen LogP contribution in [0.15, 0.2) is 35.3 Å². The molecule has 1 aromatic rings. The summed E-state index contributed by atoms with van der Waals surface area (Å²) in [7, 11) is 0. The Balaban J connectivity index is 0.00000300. The molecule has 0 spiro atoms. The van der Waals surface area contributed by atoms with Gasteiger partial charge in [0.2, 0.25) is 0 Å². The molecule has 2 fully saturated rings. The third-order valence-corrected chi connectivity index (χ3v) is 5.78. The van der Waals surface area contributed by atoms with Gasteiger partial charge in [0, 0.05) is 39.0 Å². The first-order valence-electron chi connectivity index (χ1n) is 11.1. The molecule has 1 heterocycles. The zero-order chi connectivity index (χ0) is 19.4. The summed E-state index contributed by atoms with van der Waals surface area (Å²) in [5.74, 6) is 1.66. The molecule has 1 aliphatic heterocycles. The fourth-order valence-electron chi connectivity index (χ4n) is 4.16. The number of hydrogen-bond acceptors (Lipinski definition) is 3. The lowest BCUT2D eigenvalue weighted by molar-refractivity contribution is -0.0318. The fraction of sp³-hybridized carbons (Fsp3) is 0.696. The lowest BCUT2D eigenvalue weighted by Crippen LogP contribution is -2.44. The molecule has 2 aliphatic rings. The van der Waals surface area contributed by atoms with Crippen LogP contribution in [0.3, 0.4) is 0 Å². The number of nitrogens with one attached hydrogen (secondary N) is 2. The molecule has 164 valence electrons. The van der Waals surface area contributed by atoms with Crippen LogP contribution >= 0.6 is 24.0 Å². The van der Waals surface area contributed by atoms with E-state index < -0.39 is 0 Å². The maximum Gasteiger partial charge on any atom is 0.191 e. The zero-order valence-corrected chi connectivity index (χ0v) is 20.1. The summed E-state index contributed by atoms with van der Waals surface area (Å²) in [4.78, 5) is 4.76. The summed E-state index contributed by atoms with van der Waals surface area (Å²) in [6, 6.07) is 11.5. The van der Waals surface area contributed by atoms with Crippen LogP contribution in [-0.2, 0) is 9.47 Å². The number of benzene rings is 1. The van der Waals surface area contributed by atoms with Gasteiger partial charge in [-0.05, 0) is 63.4 Å². The van der Waals surface area contributed by atoms with Crippen LogP contribution in [0.2, 0.25) is 0 Å². The van der Waals surface area contributed by atoms with Crippen molar-refractivity contribution in [2.75, 3.05) is 32.9 Å². The minimum absolute atomic E-state index is 0. The van der Waals surface area contributed by atoms with E-state index in [1.54, 1.807) is 0 Å². The quantitative estimate of drug-likeness (QED) is 0.232. The molecule has 0 amide bonds. The molecule has 2 N–H and O–H groups in total. The molecule has 29 heavy (non-hydrogen) atoms. The first-order chi connectivity index (χ1) is 13.8. The van der Waals surface area contributed by atoms with E-state index in [1.807, 2.05) is 0 Å². The fourth-order valence-corrected chi connectivity index (χ4v) is 4.16. The van der Waals surface area contributed by atoms with Crippen molar-refractivity contribution in [3.05, 3.63) is 35.9 Å². The lowest BCUT2D eigenvalue weighted by Gasteiger charge is -2.30. The van der Waals surface area contributed by atoms with Crippen molar-refractivity contribution in [3.8, 4) is 0 Å². The van der Waals surface area contributed by atoms with Crippen molar-refractivity contribution in [1.29, 1.82) is 0 Å². The van der Waals surface area contributed by atoms with Crippen LogP contribution in [0, 0.1) is 0 Å². The molecule has 1 saturated carbocycles. The molecule has 1 saturated heterocycles. The minimum atomic E-state index is 0. The Labute approximate surface area is 193 Å². The van der Waals surface area contributed by atoms with Gasteiger partial charge in [-0.2, -0.15) is 0 Å². The van der Waals surface area contributed by atoms with Crippen LogP contribution in [0.25, 0.3) is 0 Å². The molecular formula is C23H38IN3O2. The number of ether oxygens (including phenoxy) is 2. The highest BCUT2D eigenvalue weighted by Gasteiger charge is 2.22. The van der Waals surface area contributed by atoms with Gasteiger partial charge in [0.15, 0.2) is 5.96 Å². The van der Waals surface area contributed by atoms with E-state index in [0.717, 1.165) is 58.1 Å². The summed E-state index contributed by atoms with van der Waals surface area (Å²) in [5.41, 5.74) is 1.49. The molecule has 3 rings (SSSR count). The molecule has 0 aromatic heterocycles. The van der Waals surface area contributed by atoms with Gasteiger partial charge in [-0.25, -0.2) is 0 Å². The highest BCUT2D eigenvalue weighted by atomic mass is 127. The molecule has 0 atom stereocenters. The zero-order valence-electron chi connectivity index (χ0n) is 17.8. The van der Waals surface area contributed by atoms with Crippen LogP contribution in [0.5, 0.6) is 0 Å². The van der Waals surface area contributed by atoms with E-state index in [0.29, 0.717) is 18.1 Å². The molecule has 1 aliphatic carbocycles. The average molecular weight is 515 g/mol. The van der Waals surface area contributed by atoms with Crippen molar-refractivity contribution in [1.82, 2.24) is 10.6 Å². The van der Waals surface area contributed by atoms with Crippen LogP contribution in [0.4, 0.5) is 0 Å². The van der Waals surface area contributed by atoms with E-state index in [4.69, 9.17) is 14.5 Å². The lowest BCUT2D eigenvalue weighted by atomic mass is 9.82. The van der Waals surface area contributed by atoms with Crippen molar-refractivity contribution >= 4 is 29.9 Å². The third kappa shape index (κ3) is 8.80. The van der Waals surface area contributed by atoms with Crippen LogP contribution in [0.1, 0.15) is 63.4 Å². The Hall–Kier alpha value is -0.860. The van der Waals surface area contributed by atoms with E-state index in [2.05, 4.69) is 47.9 Å². The highest BCUT2D eigenvalue weighted by Crippen LogP contribution is 2.32. The average Bonchev–Trinajstić information content (AvgIpc) is 2.75. The Bertz CT molecular complexity index is 571. The van der Waals surface area contributed by atoms with Gasteiger partial charge >= 0.3 is 0 Å². The largest absolute Gasteiger partial charge is 0.381 e. The highest BCUT2D eigenvalue weighted by molar-refractivity contribution is 14.0. The van der Waals surface area contributed by atoms with Crippen molar-refractivity contribution < 1.29 is 9.47 Å². The molecule has 0 bridgehead atoms. The first kappa shape index (κ1) is 24.4. The number of hydrogen-bond donors (Lipinski definition) is 2. The summed E-state index contributed by atoms with van der Waals surface area (Å²) in [6.45, 7) is 6.28. The van der Waals surface area contributed by atoms with Crippen LogP contribution < -0.4 is 10.6 Å². The van der Waals surface area contributed by atoms with Gasteiger partial charge in [0.1, 0.15) is 0 Å². The SMILES string of the molecule is CCNC(=NCCCOC1CCOCC1)NC1CCC(c2ccccc2)CC1.I. The maximum absolute atomic E-state index is 5.94. The molecular weight excluding hydrogens is 477 g/mol. The van der Waals surface area contributed by atoms with Gasteiger partial charge < -0.3 is 20.1 Å². The molecule has 5 nitrogen and oxygen atoms in total. The van der Waals surface area contributed by atoms with E-state index in [-0.39, 0.29) is 24.0 Å².